The molecule has 0 atom stereocenters. The van der Waals surface area contributed by atoms with Gasteiger partial charge in [-0.15, -0.1) is 0 Å². The Morgan fingerprint density at radius 3 is 2.71 bits per heavy atom. The minimum absolute atomic E-state index is 0.0501. The van der Waals surface area contributed by atoms with Gasteiger partial charge in [-0.2, -0.15) is 0 Å². The van der Waals surface area contributed by atoms with E-state index in [4.69, 9.17) is 4.74 Å². The molecule has 6 nitrogen and oxygen atoms in total. The SMILES string of the molecule is COc1ccccc1NC(=O)N1CC(N2CCNCC2)C1. The smallest absolute Gasteiger partial charge is 0.322 e. The fourth-order valence-corrected chi connectivity index (χ4v) is 2.84. The van der Waals surface area contributed by atoms with E-state index in [1.807, 2.05) is 29.2 Å². The monoisotopic (exact) mass is 290 g/mol. The highest BCUT2D eigenvalue weighted by Crippen LogP contribution is 2.24. The number of nitrogens with zero attached hydrogens (tertiary/aromatic N) is 2. The average molecular weight is 290 g/mol. The Labute approximate surface area is 125 Å². The van der Waals surface area contributed by atoms with E-state index in [1.54, 1.807) is 7.11 Å². The molecule has 2 N–H and O–H groups in total. The lowest BCUT2D eigenvalue weighted by atomic mass is 10.1. The van der Waals surface area contributed by atoms with Gasteiger partial charge < -0.3 is 20.3 Å². The largest absolute Gasteiger partial charge is 0.495 e. The van der Waals surface area contributed by atoms with Crippen molar-refractivity contribution in [2.24, 2.45) is 0 Å². The Hall–Kier alpha value is -1.79. The lowest BCUT2D eigenvalue weighted by Crippen LogP contribution is -2.64. The number of anilines is 1. The lowest BCUT2D eigenvalue weighted by molar-refractivity contribution is 0.0537. The van der Waals surface area contributed by atoms with Crippen LogP contribution < -0.4 is 15.4 Å². The number of ether oxygens (including phenoxy) is 1. The minimum Gasteiger partial charge on any atom is -0.495 e. The van der Waals surface area contributed by atoms with Crippen LogP contribution >= 0.6 is 0 Å². The van der Waals surface area contributed by atoms with E-state index in [0.29, 0.717) is 11.8 Å². The number of rotatable bonds is 3. The summed E-state index contributed by atoms with van der Waals surface area (Å²) >= 11 is 0. The molecular weight excluding hydrogens is 268 g/mol. The van der Waals surface area contributed by atoms with Gasteiger partial charge in [-0.25, -0.2) is 4.79 Å². The van der Waals surface area contributed by atoms with E-state index in [1.165, 1.54) is 0 Å². The Balaban J connectivity index is 1.51. The zero-order valence-corrected chi connectivity index (χ0v) is 12.3. The molecule has 2 aliphatic rings. The first-order chi connectivity index (χ1) is 10.3. The van der Waals surface area contributed by atoms with Crippen LogP contribution in [0.2, 0.25) is 0 Å². The van der Waals surface area contributed by atoms with Gasteiger partial charge in [0.25, 0.3) is 0 Å². The molecule has 2 heterocycles. The fourth-order valence-electron chi connectivity index (χ4n) is 2.84. The highest BCUT2D eigenvalue weighted by Gasteiger charge is 2.35. The molecule has 2 saturated heterocycles. The molecule has 114 valence electrons. The number of hydrogen-bond acceptors (Lipinski definition) is 4. The van der Waals surface area contributed by atoms with Gasteiger partial charge in [-0.05, 0) is 12.1 Å². The molecule has 3 rings (SSSR count). The zero-order valence-electron chi connectivity index (χ0n) is 12.3. The van der Waals surface area contributed by atoms with Gasteiger partial charge in [0.2, 0.25) is 0 Å². The second kappa shape index (κ2) is 6.32. The molecule has 0 radical (unpaired) electrons. The molecule has 2 amide bonds. The Morgan fingerprint density at radius 2 is 2.00 bits per heavy atom. The molecule has 0 aromatic heterocycles. The Kier molecular flexibility index (Phi) is 4.26. The maximum absolute atomic E-state index is 12.2. The lowest BCUT2D eigenvalue weighted by Gasteiger charge is -2.46. The van der Waals surface area contributed by atoms with E-state index >= 15 is 0 Å². The molecule has 0 saturated carbocycles. The molecule has 2 aliphatic heterocycles. The van der Waals surface area contributed by atoms with Crippen LogP contribution in [0.3, 0.4) is 0 Å². The number of para-hydroxylation sites is 2. The quantitative estimate of drug-likeness (QED) is 0.865. The van der Waals surface area contributed by atoms with E-state index in [9.17, 15) is 4.79 Å². The van der Waals surface area contributed by atoms with E-state index in [-0.39, 0.29) is 6.03 Å². The summed E-state index contributed by atoms with van der Waals surface area (Å²) in [7, 11) is 1.61. The van der Waals surface area contributed by atoms with Crippen molar-refractivity contribution in [2.75, 3.05) is 51.7 Å². The van der Waals surface area contributed by atoms with Gasteiger partial charge in [0.15, 0.2) is 0 Å². The summed E-state index contributed by atoms with van der Waals surface area (Å²) in [6.45, 7) is 5.86. The van der Waals surface area contributed by atoms with Crippen LogP contribution in [0, 0.1) is 0 Å². The summed E-state index contributed by atoms with van der Waals surface area (Å²) in [5, 5.41) is 6.27. The summed E-state index contributed by atoms with van der Waals surface area (Å²) in [5.74, 6) is 0.685. The van der Waals surface area contributed by atoms with Gasteiger partial charge in [0.05, 0.1) is 12.8 Å². The molecule has 0 bridgehead atoms. The molecule has 1 aromatic carbocycles. The van der Waals surface area contributed by atoms with Crippen LogP contribution in [0.25, 0.3) is 0 Å². The molecule has 2 fully saturated rings. The maximum atomic E-state index is 12.2. The molecule has 0 unspecified atom stereocenters. The van der Waals surface area contributed by atoms with Crippen molar-refractivity contribution in [3.8, 4) is 5.75 Å². The zero-order chi connectivity index (χ0) is 14.7. The second-order valence-corrected chi connectivity index (χ2v) is 5.48. The van der Waals surface area contributed by atoms with Crippen LogP contribution in [0.1, 0.15) is 0 Å². The average Bonchev–Trinajstić information content (AvgIpc) is 2.47. The first kappa shape index (κ1) is 14.2. The summed E-state index contributed by atoms with van der Waals surface area (Å²) in [4.78, 5) is 16.5. The molecule has 21 heavy (non-hydrogen) atoms. The van der Waals surface area contributed by atoms with Crippen LogP contribution in [-0.2, 0) is 0 Å². The summed E-state index contributed by atoms with van der Waals surface area (Å²) in [5.41, 5.74) is 0.718. The van der Waals surface area contributed by atoms with Crippen molar-refractivity contribution in [3.63, 3.8) is 0 Å². The summed E-state index contributed by atoms with van der Waals surface area (Å²) in [6, 6.07) is 7.93. The van der Waals surface area contributed by atoms with Crippen molar-refractivity contribution in [2.45, 2.75) is 6.04 Å². The second-order valence-electron chi connectivity index (χ2n) is 5.48. The van der Waals surface area contributed by atoms with Gasteiger partial charge in [-0.1, -0.05) is 12.1 Å². The standard InChI is InChI=1S/C15H22N4O2/c1-21-14-5-3-2-4-13(14)17-15(20)19-10-12(11-19)18-8-6-16-7-9-18/h2-5,12,16H,6-11H2,1H3,(H,17,20). The number of hydrogen-bond donors (Lipinski definition) is 2. The number of piperazine rings is 1. The number of methoxy groups -OCH3 is 1. The van der Waals surface area contributed by atoms with E-state index in [0.717, 1.165) is 45.0 Å². The normalized spacial score (nSPS) is 20.0. The van der Waals surface area contributed by atoms with Crippen molar-refractivity contribution in [3.05, 3.63) is 24.3 Å². The van der Waals surface area contributed by atoms with Gasteiger partial charge >= 0.3 is 6.03 Å². The summed E-state index contributed by atoms with van der Waals surface area (Å²) < 4.78 is 5.25. The van der Waals surface area contributed by atoms with Crippen molar-refractivity contribution in [1.29, 1.82) is 0 Å². The van der Waals surface area contributed by atoms with Crippen LogP contribution in [0.4, 0.5) is 10.5 Å². The molecule has 6 heteroatoms. The molecule has 0 aliphatic carbocycles. The van der Waals surface area contributed by atoms with Crippen LogP contribution in [0.15, 0.2) is 24.3 Å². The summed E-state index contributed by atoms with van der Waals surface area (Å²) in [6.07, 6.45) is 0. The predicted octanol–water partition coefficient (Wildman–Crippen LogP) is 0.816. The van der Waals surface area contributed by atoms with E-state index in [2.05, 4.69) is 15.5 Å². The number of amides is 2. The van der Waals surface area contributed by atoms with Crippen molar-refractivity contribution >= 4 is 11.7 Å². The number of benzene rings is 1. The third-order valence-corrected chi connectivity index (χ3v) is 4.17. The molecule has 0 spiro atoms. The molecule has 1 aromatic rings. The van der Waals surface area contributed by atoms with Crippen molar-refractivity contribution in [1.82, 2.24) is 15.1 Å². The third kappa shape index (κ3) is 3.11. The maximum Gasteiger partial charge on any atom is 0.322 e. The first-order valence-corrected chi connectivity index (χ1v) is 7.41. The Morgan fingerprint density at radius 1 is 1.29 bits per heavy atom. The number of carbonyl (C=O) groups excluding carboxylic acids is 1. The van der Waals surface area contributed by atoms with Gasteiger partial charge in [0.1, 0.15) is 5.75 Å². The van der Waals surface area contributed by atoms with Crippen LogP contribution in [0.5, 0.6) is 5.75 Å². The van der Waals surface area contributed by atoms with Gasteiger partial charge in [0, 0.05) is 45.3 Å². The number of carbonyl (C=O) groups is 1. The number of nitrogens with one attached hydrogen (secondary N) is 2. The molecular formula is C15H22N4O2. The predicted molar refractivity (Wildman–Crippen MR) is 81.8 cm³/mol. The van der Waals surface area contributed by atoms with E-state index < -0.39 is 0 Å². The fraction of sp³-hybridized carbons (Fsp3) is 0.533. The van der Waals surface area contributed by atoms with Gasteiger partial charge in [-0.3, -0.25) is 4.90 Å². The highest BCUT2D eigenvalue weighted by atomic mass is 16.5. The highest BCUT2D eigenvalue weighted by molar-refractivity contribution is 5.91. The number of urea groups is 1. The third-order valence-electron chi connectivity index (χ3n) is 4.17. The Bertz CT molecular complexity index is 496. The topological polar surface area (TPSA) is 56.8 Å². The van der Waals surface area contributed by atoms with Crippen LogP contribution in [-0.4, -0.2) is 68.3 Å². The minimum atomic E-state index is -0.0501. The van der Waals surface area contributed by atoms with Crippen molar-refractivity contribution < 1.29 is 9.53 Å². The number of likely N-dealkylation sites (tertiary alicyclic amines) is 1. The first-order valence-electron chi connectivity index (χ1n) is 7.41.